The second kappa shape index (κ2) is 30.2. The maximum Gasteiger partial charge on any atom is 0.137 e. The molecule has 0 bridgehead atoms. The Hall–Kier alpha value is -8.35. The lowest BCUT2D eigenvalue weighted by Gasteiger charge is -2.26. The number of aromatic nitrogens is 6. The lowest BCUT2D eigenvalue weighted by molar-refractivity contribution is 0.563. The van der Waals surface area contributed by atoms with E-state index in [-0.39, 0.29) is 38.5 Å². The van der Waals surface area contributed by atoms with E-state index in [4.69, 9.17) is 29.2 Å². The van der Waals surface area contributed by atoms with Crippen LogP contribution in [0.4, 0.5) is 0 Å². The molecule has 5 aromatic carbocycles. The smallest absolute Gasteiger partial charge is 0.137 e. The highest BCUT2D eigenvalue weighted by Gasteiger charge is 2.26. The quantitative estimate of drug-likeness (QED) is 0.152. The highest BCUT2D eigenvalue weighted by atomic mass is 15.1. The van der Waals surface area contributed by atoms with Gasteiger partial charge in [-0.2, -0.15) is 0 Å². The number of fused-ring (bicyclic) bond motifs is 3. The fraction of sp³-hybridized carbons (Fsp3) is 0.353. The first-order chi connectivity index (χ1) is 48.1. The molecule has 0 fully saturated rings. The molecule has 0 aliphatic carbocycles. The number of para-hydroxylation sites is 2. The molecule has 0 N–H and O–H groups in total. The minimum Gasteiger partial charge on any atom is -0.294 e. The van der Waals surface area contributed by atoms with E-state index in [2.05, 4.69) is 124 Å². The van der Waals surface area contributed by atoms with Crippen LogP contribution in [-0.4, -0.2) is 29.5 Å². The maximum absolute atomic E-state index is 8.42. The third kappa shape index (κ3) is 18.0. The molecular weight excluding hydrogens is 1100 g/mol. The van der Waals surface area contributed by atoms with E-state index in [1.165, 1.54) is 13.0 Å². The summed E-state index contributed by atoms with van der Waals surface area (Å²) in [5.74, 6) is 0.741. The molecule has 6 nitrogen and oxygen atoms in total. The van der Waals surface area contributed by atoms with E-state index < -0.39 is 39.2 Å². The third-order valence-corrected chi connectivity index (χ3v) is 15.4. The van der Waals surface area contributed by atoms with Crippen LogP contribution in [0.15, 0.2) is 200 Å². The van der Waals surface area contributed by atoms with Gasteiger partial charge in [-0.3, -0.25) is 24.5 Å². The molecule has 0 atom stereocenters. The number of pyridine rings is 5. The molecule has 6 heterocycles. The van der Waals surface area contributed by atoms with E-state index in [1.807, 2.05) is 175 Å². The Morgan fingerprint density at radius 2 is 0.824 bits per heavy atom. The van der Waals surface area contributed by atoms with Gasteiger partial charge >= 0.3 is 0 Å². The van der Waals surface area contributed by atoms with Gasteiger partial charge in [-0.15, -0.1) is 0 Å². The number of hydrogen-bond acceptors (Lipinski definition) is 5. The summed E-state index contributed by atoms with van der Waals surface area (Å²) in [4.78, 5) is 22.4. The SMILES string of the molecule is [2H]C([2H])(C)c1nc(-c2ccccc2)cc(-c2ccccc2)c1C(C)(C)C.[2H]C([2H])(C)c1nc(-c2ccccc2)ccc1C(C)(C)C.[2H]C([2H])(C)c1ncccc1C(C)(C)C.[2H]C([2H])([2H])c1ccc(-n2c3ccccc3c3ccccc32)nc1C(C)(C)C.[2H]C([2H])([2H])c1ccc(C(C)(C)C)c(C([2H])([2H])C)n1. The van der Waals surface area contributed by atoms with Crippen molar-refractivity contribution in [1.82, 2.24) is 29.5 Å². The van der Waals surface area contributed by atoms with Gasteiger partial charge in [0.25, 0.3) is 0 Å². The number of rotatable bonds is 8. The molecular formula is C85H104N6. The minimum atomic E-state index is -2.31. The second-order valence-corrected chi connectivity index (χ2v) is 27.6. The molecule has 6 heteroatoms. The molecule has 11 aromatic rings. The average Bonchev–Trinajstić information content (AvgIpc) is 1.73. The Labute approximate surface area is 567 Å². The molecule has 0 unspecified atom stereocenters. The van der Waals surface area contributed by atoms with Gasteiger partial charge in [0.1, 0.15) is 5.82 Å². The number of benzene rings is 5. The van der Waals surface area contributed by atoms with Crippen molar-refractivity contribution in [3.63, 3.8) is 0 Å². The van der Waals surface area contributed by atoms with E-state index >= 15 is 0 Å². The summed E-state index contributed by atoms with van der Waals surface area (Å²) in [6.07, 6.45) is -4.37. The molecule has 0 aliphatic heterocycles. The zero-order chi connectivity index (χ0) is 78.6. The van der Waals surface area contributed by atoms with Gasteiger partial charge in [0, 0.05) is 81.2 Å². The summed E-state index contributed by atoms with van der Waals surface area (Å²) < 4.78 is 112. The summed E-state index contributed by atoms with van der Waals surface area (Å²) in [7, 11) is 0. The van der Waals surface area contributed by atoms with E-state index in [9.17, 15) is 0 Å². The average molecular weight is 1220 g/mol. The minimum absolute atomic E-state index is 0.0591. The van der Waals surface area contributed by atoms with Crippen molar-refractivity contribution < 1.29 is 19.2 Å². The highest BCUT2D eigenvalue weighted by Crippen LogP contribution is 2.39. The fourth-order valence-corrected chi connectivity index (χ4v) is 10.9. The molecule has 91 heavy (non-hydrogen) atoms. The van der Waals surface area contributed by atoms with Gasteiger partial charge in [-0.1, -0.05) is 283 Å². The molecule has 0 aliphatic rings. The third-order valence-electron chi connectivity index (χ3n) is 15.4. The standard InChI is InChI=1S/C23H25N.C22H22N2.C17H21N.C12H19N.C11H17N/c1-5-20-22(23(2,3)4)19(17-12-8-6-9-13-17)16-21(24-20)18-14-10-7-11-15-18;1-15-13-14-20(23-21(15)22(2,3)4)24-18-11-7-5-9-16(18)17-10-6-8-12-19(17)24;1-5-15-14(17(2,3)4)11-12-16(18-15)13-9-7-6-8-10-13;1-6-11-10(12(3,4)5)8-7-9(2)13-11;1-5-10-9(11(2,3)4)7-6-8-12-10/h6-16H,5H2,1-4H3;5-14H,1-4H3;6-12H,5H2,1-4H3;7-8H,6H2,1-5H3;6-8H,5H2,1-4H3/i5D2;1D3;5D2;2D3,6D2;5D2. The van der Waals surface area contributed by atoms with Crippen molar-refractivity contribution in [3.05, 3.63) is 262 Å². The van der Waals surface area contributed by atoms with Crippen molar-refractivity contribution >= 4 is 21.8 Å². The molecule has 0 radical (unpaired) electrons. The Kier molecular flexibility index (Phi) is 17.3. The van der Waals surface area contributed by atoms with Gasteiger partial charge in [0.15, 0.2) is 0 Å². The van der Waals surface area contributed by atoms with Crippen molar-refractivity contribution in [2.75, 3.05) is 0 Å². The Balaban J connectivity index is 0.000000187. The van der Waals surface area contributed by atoms with Gasteiger partial charge in [-0.25, -0.2) is 4.98 Å². The Bertz CT molecular complexity index is 4650. The van der Waals surface area contributed by atoms with Crippen LogP contribution in [0, 0.1) is 13.7 Å². The van der Waals surface area contributed by atoms with Crippen LogP contribution >= 0.6 is 0 Å². The summed E-state index contributed by atoms with van der Waals surface area (Å²) in [5.41, 5.74) is 13.2. The molecule has 474 valence electrons. The van der Waals surface area contributed by atoms with Crippen molar-refractivity contribution in [3.8, 4) is 39.5 Å². The zero-order valence-corrected chi connectivity index (χ0v) is 57.2. The molecule has 0 spiro atoms. The Morgan fingerprint density at radius 3 is 1.29 bits per heavy atom. The summed E-state index contributed by atoms with van der Waals surface area (Å²) >= 11 is 0. The number of hydrogen-bond donors (Lipinski definition) is 0. The van der Waals surface area contributed by atoms with E-state index in [1.54, 1.807) is 39.1 Å². The second-order valence-electron chi connectivity index (χ2n) is 27.6. The normalized spacial score (nSPS) is 14.9. The zero-order valence-electron chi connectivity index (χ0n) is 71.2. The molecule has 0 saturated heterocycles. The summed E-state index contributed by atoms with van der Waals surface area (Å²) in [6, 6.07) is 63.1. The number of aryl methyl sites for hydroxylation is 6. The van der Waals surface area contributed by atoms with Crippen LogP contribution in [-0.2, 0) is 52.6 Å². The highest BCUT2D eigenvalue weighted by molar-refractivity contribution is 6.09. The van der Waals surface area contributed by atoms with Crippen molar-refractivity contribution in [1.29, 1.82) is 0 Å². The molecule has 0 amide bonds. The molecule has 6 aromatic heterocycles. The van der Waals surface area contributed by atoms with Crippen LogP contribution in [0.3, 0.4) is 0 Å². The largest absolute Gasteiger partial charge is 0.294 e. The van der Waals surface area contributed by atoms with Crippen LogP contribution in [0.2, 0.25) is 0 Å². The van der Waals surface area contributed by atoms with Gasteiger partial charge in [0.2, 0.25) is 0 Å². The van der Waals surface area contributed by atoms with Gasteiger partial charge in [-0.05, 0) is 142 Å². The summed E-state index contributed by atoms with van der Waals surface area (Å²) in [5, 5.41) is 2.32. The van der Waals surface area contributed by atoms with Crippen LogP contribution in [0.25, 0.3) is 61.3 Å². The summed E-state index contributed by atoms with van der Waals surface area (Å²) in [6.45, 7) is 32.3. The molecule has 11 rings (SSSR count). The van der Waals surface area contributed by atoms with E-state index in [0.29, 0.717) is 28.3 Å². The first-order valence-electron chi connectivity index (χ1n) is 38.3. The van der Waals surface area contributed by atoms with Crippen LogP contribution < -0.4 is 0 Å². The first-order valence-corrected chi connectivity index (χ1v) is 31.3. The topological polar surface area (TPSA) is 69.4 Å². The number of nitrogens with zero attached hydrogens (tertiary/aromatic N) is 6. The van der Waals surface area contributed by atoms with Crippen LogP contribution in [0.5, 0.6) is 0 Å². The lowest BCUT2D eigenvalue weighted by atomic mass is 9.79. The van der Waals surface area contributed by atoms with Gasteiger partial charge in [0.05, 0.1) is 28.1 Å². The lowest BCUT2D eigenvalue weighted by Crippen LogP contribution is -2.17. The van der Waals surface area contributed by atoms with Crippen molar-refractivity contribution in [2.45, 2.75) is 198 Å². The van der Waals surface area contributed by atoms with Gasteiger partial charge < -0.3 is 0 Å². The predicted octanol–water partition coefficient (Wildman–Crippen LogP) is 22.9. The predicted molar refractivity (Wildman–Crippen MR) is 392 cm³/mol. The maximum atomic E-state index is 8.42. The molecule has 0 saturated carbocycles. The monoisotopic (exact) mass is 1220 g/mol. The first kappa shape index (κ1) is 52.3. The van der Waals surface area contributed by atoms with E-state index in [0.717, 1.165) is 83.5 Å². The van der Waals surface area contributed by atoms with Crippen molar-refractivity contribution in [2.24, 2.45) is 0 Å². The van der Waals surface area contributed by atoms with Crippen LogP contribution in [0.1, 0.15) is 213 Å². The Morgan fingerprint density at radius 1 is 0.374 bits per heavy atom. The fourth-order valence-electron chi connectivity index (χ4n) is 10.9.